The van der Waals surface area contributed by atoms with Crippen LogP contribution < -0.4 is 4.90 Å². The molecule has 0 radical (unpaired) electrons. The van der Waals surface area contributed by atoms with Crippen molar-refractivity contribution < 1.29 is 18.3 Å². The number of carbonyl (C=O) groups is 1. The van der Waals surface area contributed by atoms with Crippen LogP contribution in [-0.4, -0.2) is 26.7 Å². The summed E-state index contributed by atoms with van der Waals surface area (Å²) in [6, 6.07) is 3.71. The van der Waals surface area contributed by atoms with Crippen molar-refractivity contribution in [1.29, 1.82) is 0 Å². The fourth-order valence-corrected chi connectivity index (χ4v) is 1.41. The van der Waals surface area contributed by atoms with Crippen molar-refractivity contribution in [3.05, 3.63) is 29.8 Å². The smallest absolute Gasteiger partial charge is 0.305 e. The third-order valence-corrected chi connectivity index (χ3v) is 2.45. The quantitative estimate of drug-likeness (QED) is 0.743. The van der Waals surface area contributed by atoms with Crippen LogP contribution >= 0.6 is 0 Å². The van der Waals surface area contributed by atoms with Crippen molar-refractivity contribution in [2.24, 2.45) is 0 Å². The predicted molar refractivity (Wildman–Crippen MR) is 60.9 cm³/mol. The number of methoxy groups -OCH3 is 1. The Balaban J connectivity index is 2.49. The largest absolute Gasteiger partial charge is 0.469 e. The van der Waals surface area contributed by atoms with Gasteiger partial charge in [-0.1, -0.05) is 0 Å². The third kappa shape index (κ3) is 4.01. The van der Waals surface area contributed by atoms with Gasteiger partial charge in [-0.3, -0.25) is 4.79 Å². The predicted octanol–water partition coefficient (Wildman–Crippen LogP) is 2.35. The number of rotatable bonds is 5. The van der Waals surface area contributed by atoms with Crippen molar-refractivity contribution in [2.75, 3.05) is 25.6 Å². The van der Waals surface area contributed by atoms with Gasteiger partial charge >= 0.3 is 5.97 Å². The number of nitrogens with zero attached hydrogens (tertiary/aromatic N) is 1. The van der Waals surface area contributed by atoms with Gasteiger partial charge in [0.2, 0.25) is 0 Å². The van der Waals surface area contributed by atoms with Gasteiger partial charge in [0.25, 0.3) is 0 Å². The molecule has 0 amide bonds. The minimum Gasteiger partial charge on any atom is -0.469 e. The SMILES string of the molecule is COC(=O)CCCN(C)c1ccc(F)c(F)c1. The Kier molecular flexibility index (Phi) is 4.87. The number of ether oxygens (including phenoxy) is 1. The van der Waals surface area contributed by atoms with Crippen LogP contribution in [0, 0.1) is 11.6 Å². The van der Waals surface area contributed by atoms with Crippen LogP contribution in [0.4, 0.5) is 14.5 Å². The summed E-state index contributed by atoms with van der Waals surface area (Å²) in [7, 11) is 3.09. The van der Waals surface area contributed by atoms with E-state index in [0.29, 0.717) is 25.1 Å². The van der Waals surface area contributed by atoms with E-state index >= 15 is 0 Å². The zero-order valence-electron chi connectivity index (χ0n) is 9.87. The van der Waals surface area contributed by atoms with E-state index in [1.807, 2.05) is 0 Å². The molecule has 0 aromatic heterocycles. The van der Waals surface area contributed by atoms with Crippen molar-refractivity contribution in [3.8, 4) is 0 Å². The topological polar surface area (TPSA) is 29.5 Å². The van der Waals surface area contributed by atoms with E-state index in [1.54, 1.807) is 11.9 Å². The maximum atomic E-state index is 13.0. The first-order valence-corrected chi connectivity index (χ1v) is 5.27. The van der Waals surface area contributed by atoms with Crippen molar-refractivity contribution in [2.45, 2.75) is 12.8 Å². The molecule has 0 saturated carbocycles. The van der Waals surface area contributed by atoms with Crippen molar-refractivity contribution in [3.63, 3.8) is 0 Å². The molecule has 0 aliphatic carbocycles. The van der Waals surface area contributed by atoms with Gasteiger partial charge in [-0.15, -0.1) is 0 Å². The van der Waals surface area contributed by atoms with Gasteiger partial charge in [-0.2, -0.15) is 0 Å². The number of hydrogen-bond acceptors (Lipinski definition) is 3. The lowest BCUT2D eigenvalue weighted by molar-refractivity contribution is -0.140. The highest BCUT2D eigenvalue weighted by atomic mass is 19.2. The van der Waals surface area contributed by atoms with Gasteiger partial charge in [-0.25, -0.2) is 8.78 Å². The van der Waals surface area contributed by atoms with Crippen LogP contribution in [0.5, 0.6) is 0 Å². The highest BCUT2D eigenvalue weighted by Gasteiger charge is 2.07. The molecule has 1 aromatic rings. The Morgan fingerprint density at radius 1 is 1.35 bits per heavy atom. The highest BCUT2D eigenvalue weighted by Crippen LogP contribution is 2.17. The van der Waals surface area contributed by atoms with Crippen LogP contribution in [0.1, 0.15) is 12.8 Å². The number of benzene rings is 1. The second-order valence-electron chi connectivity index (χ2n) is 3.70. The summed E-state index contributed by atoms with van der Waals surface area (Å²) in [5.41, 5.74) is 0.578. The molecule has 94 valence electrons. The van der Waals surface area contributed by atoms with E-state index in [9.17, 15) is 13.6 Å². The zero-order chi connectivity index (χ0) is 12.8. The standard InChI is InChI=1S/C12H15F2NO2/c1-15(7-3-4-12(16)17-2)9-5-6-10(13)11(14)8-9/h5-6,8H,3-4,7H2,1-2H3. The molecule has 0 aliphatic heterocycles. The molecule has 0 unspecified atom stereocenters. The lowest BCUT2D eigenvalue weighted by atomic mass is 10.2. The first kappa shape index (κ1) is 13.4. The normalized spacial score (nSPS) is 10.1. The fraction of sp³-hybridized carbons (Fsp3) is 0.417. The molecule has 17 heavy (non-hydrogen) atoms. The molecule has 0 spiro atoms. The van der Waals surface area contributed by atoms with Crippen molar-refractivity contribution >= 4 is 11.7 Å². The minimum absolute atomic E-state index is 0.274. The molecule has 0 saturated heterocycles. The number of carbonyl (C=O) groups excluding carboxylic acids is 1. The molecule has 0 heterocycles. The van der Waals surface area contributed by atoms with Crippen molar-refractivity contribution in [1.82, 2.24) is 0 Å². The van der Waals surface area contributed by atoms with Crippen LogP contribution in [0.25, 0.3) is 0 Å². The maximum absolute atomic E-state index is 13.0. The Bertz CT molecular complexity index is 396. The van der Waals surface area contributed by atoms with Crippen LogP contribution in [0.15, 0.2) is 18.2 Å². The van der Waals surface area contributed by atoms with E-state index in [4.69, 9.17) is 0 Å². The van der Waals surface area contributed by atoms with E-state index in [-0.39, 0.29) is 5.97 Å². The van der Waals surface area contributed by atoms with Gasteiger partial charge in [0.1, 0.15) is 0 Å². The molecule has 1 rings (SSSR count). The number of anilines is 1. The minimum atomic E-state index is -0.873. The molecule has 0 N–H and O–H groups in total. The number of hydrogen-bond donors (Lipinski definition) is 0. The summed E-state index contributed by atoms with van der Waals surface area (Å²) in [6.45, 7) is 0.570. The summed E-state index contributed by atoms with van der Waals surface area (Å²) < 4.78 is 30.2. The second-order valence-corrected chi connectivity index (χ2v) is 3.70. The fourth-order valence-electron chi connectivity index (χ4n) is 1.41. The molecule has 5 heteroatoms. The average Bonchev–Trinajstić information content (AvgIpc) is 2.32. The molecule has 1 aromatic carbocycles. The summed E-state index contributed by atoms with van der Waals surface area (Å²) in [6.07, 6.45) is 0.909. The molecule has 0 aliphatic rings. The van der Waals surface area contributed by atoms with E-state index in [0.717, 1.165) is 12.1 Å². The lowest BCUT2D eigenvalue weighted by Gasteiger charge is -2.18. The first-order chi connectivity index (χ1) is 8.04. The molecule has 0 atom stereocenters. The molecular formula is C12H15F2NO2. The summed E-state index contributed by atoms with van der Waals surface area (Å²) in [5.74, 6) is -2.01. The average molecular weight is 243 g/mol. The highest BCUT2D eigenvalue weighted by molar-refractivity contribution is 5.69. The van der Waals surface area contributed by atoms with E-state index in [1.165, 1.54) is 13.2 Å². The van der Waals surface area contributed by atoms with Gasteiger partial charge in [0.05, 0.1) is 7.11 Å². The van der Waals surface area contributed by atoms with Crippen LogP contribution in [0.2, 0.25) is 0 Å². The Hall–Kier alpha value is -1.65. The van der Waals surface area contributed by atoms with E-state index in [2.05, 4.69) is 4.74 Å². The second kappa shape index (κ2) is 6.18. The number of halogens is 2. The maximum Gasteiger partial charge on any atom is 0.305 e. The first-order valence-electron chi connectivity index (χ1n) is 5.27. The summed E-state index contributed by atoms with van der Waals surface area (Å²) in [4.78, 5) is 12.6. The monoisotopic (exact) mass is 243 g/mol. The summed E-state index contributed by atoms with van der Waals surface area (Å²) >= 11 is 0. The molecule has 3 nitrogen and oxygen atoms in total. The Labute approximate surface area is 99.0 Å². The van der Waals surface area contributed by atoms with Crippen LogP contribution in [0.3, 0.4) is 0 Å². The summed E-state index contributed by atoms with van der Waals surface area (Å²) in [5, 5.41) is 0. The van der Waals surface area contributed by atoms with Gasteiger partial charge in [0, 0.05) is 31.8 Å². The van der Waals surface area contributed by atoms with Gasteiger partial charge in [0.15, 0.2) is 11.6 Å². The zero-order valence-corrected chi connectivity index (χ0v) is 9.87. The number of esters is 1. The molecule has 0 fully saturated rings. The molecule has 0 bridgehead atoms. The van der Waals surface area contributed by atoms with E-state index < -0.39 is 11.6 Å². The Morgan fingerprint density at radius 3 is 2.65 bits per heavy atom. The van der Waals surface area contributed by atoms with Gasteiger partial charge < -0.3 is 9.64 Å². The third-order valence-electron chi connectivity index (χ3n) is 2.45. The Morgan fingerprint density at radius 2 is 2.06 bits per heavy atom. The van der Waals surface area contributed by atoms with Crippen LogP contribution in [-0.2, 0) is 9.53 Å². The van der Waals surface area contributed by atoms with Gasteiger partial charge in [-0.05, 0) is 18.6 Å². The molecular weight excluding hydrogens is 228 g/mol. The lowest BCUT2D eigenvalue weighted by Crippen LogP contribution is -2.19.